The van der Waals surface area contributed by atoms with Crippen LogP contribution in [0.5, 0.6) is 0 Å². The zero-order chi connectivity index (χ0) is 7.98. The van der Waals surface area contributed by atoms with Crippen LogP contribution in [0.3, 0.4) is 0 Å². The van der Waals surface area contributed by atoms with Crippen LogP contribution in [0.25, 0.3) is 0 Å². The van der Waals surface area contributed by atoms with Gasteiger partial charge in [-0.25, -0.2) is 0 Å². The average Bonchev–Trinajstić information content (AvgIpc) is 1.79. The second kappa shape index (κ2) is 10.8. The van der Waals surface area contributed by atoms with Crippen molar-refractivity contribution >= 4 is 30.8 Å². The Kier molecular flexibility index (Phi) is 16.0. The Labute approximate surface area is 86.2 Å². The zero-order valence-corrected chi connectivity index (χ0v) is 9.12. The fourth-order valence-electron chi connectivity index (χ4n) is 0.595. The van der Waals surface area contributed by atoms with Crippen LogP contribution < -0.4 is 11.5 Å². The Morgan fingerprint density at radius 3 is 2.08 bits per heavy atom. The minimum Gasteiger partial charge on any atom is -0.370 e. The molecule has 0 aromatic rings. The first-order valence-electron chi connectivity index (χ1n) is 3.33. The molecule has 0 amide bonds. The fourth-order valence-corrected chi connectivity index (χ4v) is 0.595. The molecule has 0 aromatic heterocycles. The number of hydrogen-bond acceptors (Lipinski definition) is 2. The van der Waals surface area contributed by atoms with Crippen molar-refractivity contribution in [2.24, 2.45) is 16.5 Å². The first-order chi connectivity index (χ1) is 4.63. The minimum atomic E-state index is 0. The summed E-state index contributed by atoms with van der Waals surface area (Å²) in [4.78, 5) is 5.94. The van der Waals surface area contributed by atoms with Crippen molar-refractivity contribution in [2.75, 3.05) is 27.2 Å². The fraction of sp³-hybridized carbons (Fsp3) is 0.833. The van der Waals surface area contributed by atoms with Gasteiger partial charge in [0, 0.05) is 6.54 Å². The second-order valence-electron chi connectivity index (χ2n) is 2.46. The first kappa shape index (κ1) is 17.8. The van der Waals surface area contributed by atoms with E-state index in [4.69, 9.17) is 11.5 Å². The molecule has 12 heavy (non-hydrogen) atoms. The van der Waals surface area contributed by atoms with Crippen LogP contribution in [0, 0.1) is 0 Å². The van der Waals surface area contributed by atoms with Crippen molar-refractivity contribution in [1.82, 2.24) is 4.90 Å². The maximum Gasteiger partial charge on any atom is 0.185 e. The molecule has 4 N–H and O–H groups in total. The summed E-state index contributed by atoms with van der Waals surface area (Å²) in [7, 11) is 4.05. The summed E-state index contributed by atoms with van der Waals surface area (Å²) in [5.41, 5.74) is 10.2. The number of aliphatic imine (C=N–C) groups is 1. The smallest absolute Gasteiger partial charge is 0.185 e. The van der Waals surface area contributed by atoms with Crippen molar-refractivity contribution in [2.45, 2.75) is 6.42 Å². The summed E-state index contributed by atoms with van der Waals surface area (Å²) in [6.45, 7) is 1.75. The van der Waals surface area contributed by atoms with Crippen molar-refractivity contribution < 1.29 is 0 Å². The van der Waals surface area contributed by atoms with Gasteiger partial charge < -0.3 is 16.4 Å². The Balaban J connectivity index is -0.000000405. The summed E-state index contributed by atoms with van der Waals surface area (Å²) in [6.07, 6.45) is 1.00. The topological polar surface area (TPSA) is 67.6 Å². The van der Waals surface area contributed by atoms with Gasteiger partial charge in [-0.1, -0.05) is 0 Å². The van der Waals surface area contributed by atoms with Crippen molar-refractivity contribution in [3.05, 3.63) is 0 Å². The molecule has 0 aliphatic rings. The number of rotatable bonds is 4. The van der Waals surface area contributed by atoms with Crippen LogP contribution in [0.15, 0.2) is 4.99 Å². The standard InChI is InChI=1S/C6H16N4.2ClH/c1-10(2)5-3-4-9-6(7)8;;/h3-5H2,1-2H3,(H4,7,8,9);2*1H. The molecule has 0 rings (SSSR count). The number of guanidine groups is 1. The van der Waals surface area contributed by atoms with Gasteiger partial charge in [0.1, 0.15) is 0 Å². The highest BCUT2D eigenvalue weighted by Crippen LogP contribution is 1.82. The van der Waals surface area contributed by atoms with E-state index in [0.717, 1.165) is 19.5 Å². The summed E-state index contributed by atoms with van der Waals surface area (Å²) in [5.74, 6) is 0.179. The summed E-state index contributed by atoms with van der Waals surface area (Å²) < 4.78 is 0. The van der Waals surface area contributed by atoms with E-state index >= 15 is 0 Å². The van der Waals surface area contributed by atoms with Crippen molar-refractivity contribution in [3.8, 4) is 0 Å². The molecule has 76 valence electrons. The molecule has 0 atom stereocenters. The molecule has 0 heterocycles. The normalized spacial score (nSPS) is 8.25. The van der Waals surface area contributed by atoms with E-state index < -0.39 is 0 Å². The predicted molar refractivity (Wildman–Crippen MR) is 58.3 cm³/mol. The summed E-state index contributed by atoms with van der Waals surface area (Å²) in [6, 6.07) is 0. The van der Waals surface area contributed by atoms with Crippen LogP contribution >= 0.6 is 24.8 Å². The van der Waals surface area contributed by atoms with Gasteiger partial charge in [-0.05, 0) is 27.1 Å². The molecule has 0 aromatic carbocycles. The zero-order valence-electron chi connectivity index (χ0n) is 7.49. The van der Waals surface area contributed by atoms with Gasteiger partial charge in [-0.2, -0.15) is 0 Å². The molecule has 0 spiro atoms. The largest absolute Gasteiger partial charge is 0.370 e. The molecule has 4 nitrogen and oxygen atoms in total. The maximum atomic E-state index is 5.12. The van der Waals surface area contributed by atoms with Crippen LogP contribution in [0.4, 0.5) is 0 Å². The van der Waals surface area contributed by atoms with Crippen molar-refractivity contribution in [1.29, 1.82) is 0 Å². The summed E-state index contributed by atoms with van der Waals surface area (Å²) >= 11 is 0. The van der Waals surface area contributed by atoms with E-state index in [1.807, 2.05) is 14.1 Å². The van der Waals surface area contributed by atoms with Gasteiger partial charge in [0.15, 0.2) is 5.96 Å². The molecule has 0 saturated heterocycles. The molecule has 0 bridgehead atoms. The maximum absolute atomic E-state index is 5.12. The van der Waals surface area contributed by atoms with E-state index in [9.17, 15) is 0 Å². The lowest BCUT2D eigenvalue weighted by Crippen LogP contribution is -2.23. The highest BCUT2D eigenvalue weighted by Gasteiger charge is 1.88. The third kappa shape index (κ3) is 16.4. The SMILES string of the molecule is CN(C)CCCN=C(N)N.Cl.Cl. The van der Waals surface area contributed by atoms with E-state index in [-0.39, 0.29) is 30.8 Å². The van der Waals surface area contributed by atoms with E-state index in [1.165, 1.54) is 0 Å². The first-order valence-corrected chi connectivity index (χ1v) is 3.33. The Morgan fingerprint density at radius 2 is 1.75 bits per heavy atom. The van der Waals surface area contributed by atoms with Crippen LogP contribution in [0.2, 0.25) is 0 Å². The lowest BCUT2D eigenvalue weighted by Gasteiger charge is -2.06. The van der Waals surface area contributed by atoms with Gasteiger partial charge in [0.25, 0.3) is 0 Å². The van der Waals surface area contributed by atoms with E-state index in [0.29, 0.717) is 0 Å². The summed E-state index contributed by atoms with van der Waals surface area (Å²) in [5, 5.41) is 0. The number of nitrogens with two attached hydrogens (primary N) is 2. The molecule has 0 radical (unpaired) electrons. The van der Waals surface area contributed by atoms with Crippen LogP contribution in [-0.2, 0) is 0 Å². The molecule has 0 aliphatic heterocycles. The molecule has 0 aliphatic carbocycles. The Morgan fingerprint density at radius 1 is 1.25 bits per heavy atom. The van der Waals surface area contributed by atoms with Gasteiger partial charge >= 0.3 is 0 Å². The van der Waals surface area contributed by atoms with Gasteiger partial charge in [-0.3, -0.25) is 4.99 Å². The van der Waals surface area contributed by atoms with Crippen LogP contribution in [-0.4, -0.2) is 38.0 Å². The second-order valence-corrected chi connectivity index (χ2v) is 2.46. The lowest BCUT2D eigenvalue weighted by molar-refractivity contribution is 0.403. The molecule has 0 saturated carbocycles. The van der Waals surface area contributed by atoms with Gasteiger partial charge in [-0.15, -0.1) is 24.8 Å². The Bertz CT molecular complexity index is 112. The van der Waals surface area contributed by atoms with Gasteiger partial charge in [0.05, 0.1) is 0 Å². The van der Waals surface area contributed by atoms with Crippen molar-refractivity contribution in [3.63, 3.8) is 0 Å². The molecular formula is C6H18Cl2N4. The average molecular weight is 217 g/mol. The highest BCUT2D eigenvalue weighted by molar-refractivity contribution is 5.85. The monoisotopic (exact) mass is 216 g/mol. The van der Waals surface area contributed by atoms with E-state index in [2.05, 4.69) is 9.89 Å². The van der Waals surface area contributed by atoms with Crippen LogP contribution in [0.1, 0.15) is 6.42 Å². The van der Waals surface area contributed by atoms with Gasteiger partial charge in [0.2, 0.25) is 0 Å². The number of nitrogens with zero attached hydrogens (tertiary/aromatic N) is 2. The molecule has 0 fully saturated rings. The lowest BCUT2D eigenvalue weighted by atomic mass is 10.4. The predicted octanol–water partition coefficient (Wildman–Crippen LogP) is 0.0551. The number of halogens is 2. The molecular weight excluding hydrogens is 199 g/mol. The molecule has 6 heteroatoms. The highest BCUT2D eigenvalue weighted by atomic mass is 35.5. The third-order valence-electron chi connectivity index (χ3n) is 1.06. The Hall–Kier alpha value is -0.190. The number of hydrogen-bond donors (Lipinski definition) is 2. The third-order valence-corrected chi connectivity index (χ3v) is 1.06. The molecule has 0 unspecified atom stereocenters. The van der Waals surface area contributed by atoms with E-state index in [1.54, 1.807) is 0 Å². The minimum absolute atomic E-state index is 0. The quantitative estimate of drug-likeness (QED) is 0.397.